The van der Waals surface area contributed by atoms with Gasteiger partial charge in [0, 0.05) is 19.1 Å². The summed E-state index contributed by atoms with van der Waals surface area (Å²) in [5.74, 6) is 1.90. The first-order valence-electron chi connectivity index (χ1n) is 7.23. The average Bonchev–Trinajstić information content (AvgIpc) is 2.94. The highest BCUT2D eigenvalue weighted by atomic mass is 15.2. The summed E-state index contributed by atoms with van der Waals surface area (Å²) in [5, 5.41) is 3.75. The lowest BCUT2D eigenvalue weighted by Crippen LogP contribution is -2.35. The molecule has 1 heterocycles. The Hall–Kier alpha value is -0.0800. The zero-order valence-electron chi connectivity index (χ0n) is 11.0. The SMILES string of the molecule is CCCC(C)CNC1CCN(CC2CC2)C1. The van der Waals surface area contributed by atoms with Crippen molar-refractivity contribution in [3.05, 3.63) is 0 Å². The van der Waals surface area contributed by atoms with Crippen LogP contribution in [0.4, 0.5) is 0 Å². The molecule has 2 nitrogen and oxygen atoms in total. The second kappa shape index (κ2) is 6.02. The fourth-order valence-corrected chi connectivity index (χ4v) is 2.79. The molecule has 1 N–H and O–H groups in total. The van der Waals surface area contributed by atoms with E-state index in [0.29, 0.717) is 0 Å². The molecule has 0 bridgehead atoms. The van der Waals surface area contributed by atoms with Crippen LogP contribution in [0.25, 0.3) is 0 Å². The van der Waals surface area contributed by atoms with Crippen molar-refractivity contribution in [3.8, 4) is 0 Å². The highest BCUT2D eigenvalue weighted by Gasteiger charge is 2.28. The van der Waals surface area contributed by atoms with E-state index in [1.807, 2.05) is 0 Å². The van der Waals surface area contributed by atoms with Crippen LogP contribution in [0, 0.1) is 11.8 Å². The van der Waals surface area contributed by atoms with Gasteiger partial charge in [0.05, 0.1) is 0 Å². The third-order valence-electron chi connectivity index (χ3n) is 4.02. The lowest BCUT2D eigenvalue weighted by Gasteiger charge is -2.18. The predicted octanol–water partition coefficient (Wildman–Crippen LogP) is 2.50. The van der Waals surface area contributed by atoms with Crippen LogP contribution in [0.2, 0.25) is 0 Å². The van der Waals surface area contributed by atoms with Gasteiger partial charge in [0.2, 0.25) is 0 Å². The van der Waals surface area contributed by atoms with Crippen LogP contribution in [0.3, 0.4) is 0 Å². The first kappa shape index (κ1) is 12.4. The van der Waals surface area contributed by atoms with Crippen molar-refractivity contribution in [3.63, 3.8) is 0 Å². The van der Waals surface area contributed by atoms with Gasteiger partial charge in [-0.05, 0) is 50.6 Å². The molecule has 2 fully saturated rings. The van der Waals surface area contributed by atoms with Gasteiger partial charge in [-0.1, -0.05) is 20.3 Å². The molecular weight excluding hydrogens is 196 g/mol. The van der Waals surface area contributed by atoms with Gasteiger partial charge in [0.1, 0.15) is 0 Å². The van der Waals surface area contributed by atoms with Gasteiger partial charge in [0.25, 0.3) is 0 Å². The molecule has 0 aromatic rings. The minimum atomic E-state index is 0.776. The topological polar surface area (TPSA) is 15.3 Å². The molecule has 2 rings (SSSR count). The Morgan fingerprint density at radius 2 is 2.12 bits per heavy atom. The number of nitrogens with zero attached hydrogens (tertiary/aromatic N) is 1. The monoisotopic (exact) mass is 224 g/mol. The Morgan fingerprint density at radius 1 is 1.31 bits per heavy atom. The zero-order valence-corrected chi connectivity index (χ0v) is 11.0. The molecule has 2 atom stereocenters. The minimum absolute atomic E-state index is 0.776. The highest BCUT2D eigenvalue weighted by molar-refractivity contribution is 4.85. The summed E-state index contributed by atoms with van der Waals surface area (Å²) in [6.45, 7) is 9.88. The molecular formula is C14H28N2. The predicted molar refractivity (Wildman–Crippen MR) is 69.6 cm³/mol. The molecule has 0 radical (unpaired) electrons. The molecule has 0 aromatic carbocycles. The largest absolute Gasteiger partial charge is 0.312 e. The molecule has 0 aromatic heterocycles. The van der Waals surface area contributed by atoms with Gasteiger partial charge in [-0.3, -0.25) is 0 Å². The van der Waals surface area contributed by atoms with Crippen LogP contribution in [-0.2, 0) is 0 Å². The lowest BCUT2D eigenvalue weighted by atomic mass is 10.1. The van der Waals surface area contributed by atoms with Crippen LogP contribution < -0.4 is 5.32 Å². The first-order chi connectivity index (χ1) is 7.78. The summed E-state index contributed by atoms with van der Waals surface area (Å²) in [6, 6.07) is 0.776. The van der Waals surface area contributed by atoms with Gasteiger partial charge < -0.3 is 10.2 Å². The third-order valence-corrected chi connectivity index (χ3v) is 4.02. The van der Waals surface area contributed by atoms with Crippen LogP contribution in [0.5, 0.6) is 0 Å². The maximum atomic E-state index is 3.75. The van der Waals surface area contributed by atoms with Crippen molar-refractivity contribution >= 4 is 0 Å². The quantitative estimate of drug-likeness (QED) is 0.715. The van der Waals surface area contributed by atoms with Crippen LogP contribution in [0.1, 0.15) is 46.0 Å². The van der Waals surface area contributed by atoms with Crippen LogP contribution in [-0.4, -0.2) is 37.1 Å². The number of hydrogen-bond donors (Lipinski definition) is 1. The molecule has 0 amide bonds. The second-order valence-electron chi connectivity index (χ2n) is 5.99. The Balaban J connectivity index is 1.56. The molecule has 2 unspecified atom stereocenters. The number of likely N-dealkylation sites (tertiary alicyclic amines) is 1. The highest BCUT2D eigenvalue weighted by Crippen LogP contribution is 2.30. The third kappa shape index (κ3) is 4.06. The standard InChI is InChI=1S/C14H28N2/c1-3-4-12(2)9-15-14-7-8-16(11-14)10-13-5-6-13/h12-15H,3-11H2,1-2H3. The maximum absolute atomic E-state index is 3.75. The van der Waals surface area contributed by atoms with E-state index in [9.17, 15) is 0 Å². The zero-order chi connectivity index (χ0) is 11.4. The van der Waals surface area contributed by atoms with E-state index in [1.165, 1.54) is 58.3 Å². The number of hydrogen-bond acceptors (Lipinski definition) is 2. The number of nitrogens with one attached hydrogen (secondary N) is 1. The first-order valence-corrected chi connectivity index (χ1v) is 7.23. The van der Waals surface area contributed by atoms with Crippen molar-refractivity contribution in [2.24, 2.45) is 11.8 Å². The molecule has 2 aliphatic rings. The fraction of sp³-hybridized carbons (Fsp3) is 1.00. The molecule has 94 valence electrons. The Bertz CT molecular complexity index is 201. The molecule has 2 heteroatoms. The van der Waals surface area contributed by atoms with E-state index >= 15 is 0 Å². The lowest BCUT2D eigenvalue weighted by molar-refractivity contribution is 0.311. The Kier molecular flexibility index (Phi) is 4.66. The molecule has 0 spiro atoms. The summed E-state index contributed by atoms with van der Waals surface area (Å²) in [7, 11) is 0. The van der Waals surface area contributed by atoms with Gasteiger partial charge in [-0.2, -0.15) is 0 Å². The van der Waals surface area contributed by atoms with Gasteiger partial charge in [-0.25, -0.2) is 0 Å². The molecule has 1 aliphatic carbocycles. The summed E-state index contributed by atoms with van der Waals surface area (Å²) >= 11 is 0. The van der Waals surface area contributed by atoms with E-state index in [2.05, 4.69) is 24.1 Å². The average molecular weight is 224 g/mol. The van der Waals surface area contributed by atoms with Crippen LogP contribution >= 0.6 is 0 Å². The minimum Gasteiger partial charge on any atom is -0.312 e. The van der Waals surface area contributed by atoms with E-state index in [0.717, 1.165) is 17.9 Å². The molecule has 1 saturated heterocycles. The van der Waals surface area contributed by atoms with E-state index in [-0.39, 0.29) is 0 Å². The Morgan fingerprint density at radius 3 is 2.81 bits per heavy atom. The fourth-order valence-electron chi connectivity index (χ4n) is 2.79. The molecule has 1 aliphatic heterocycles. The second-order valence-corrected chi connectivity index (χ2v) is 5.99. The maximum Gasteiger partial charge on any atom is 0.0207 e. The summed E-state index contributed by atoms with van der Waals surface area (Å²) in [4.78, 5) is 2.67. The van der Waals surface area contributed by atoms with Crippen molar-refractivity contribution in [2.75, 3.05) is 26.2 Å². The summed E-state index contributed by atoms with van der Waals surface area (Å²) in [5.41, 5.74) is 0. The van der Waals surface area contributed by atoms with Gasteiger partial charge >= 0.3 is 0 Å². The van der Waals surface area contributed by atoms with Crippen molar-refractivity contribution in [1.29, 1.82) is 0 Å². The van der Waals surface area contributed by atoms with Crippen molar-refractivity contribution in [1.82, 2.24) is 10.2 Å². The smallest absolute Gasteiger partial charge is 0.0207 e. The van der Waals surface area contributed by atoms with Gasteiger partial charge in [0.15, 0.2) is 0 Å². The summed E-state index contributed by atoms with van der Waals surface area (Å²) < 4.78 is 0. The normalized spacial score (nSPS) is 28.5. The van der Waals surface area contributed by atoms with E-state index in [1.54, 1.807) is 0 Å². The Labute approximate surface area is 101 Å². The van der Waals surface area contributed by atoms with E-state index in [4.69, 9.17) is 0 Å². The van der Waals surface area contributed by atoms with E-state index < -0.39 is 0 Å². The number of rotatable bonds is 7. The van der Waals surface area contributed by atoms with Crippen molar-refractivity contribution in [2.45, 2.75) is 52.0 Å². The molecule has 1 saturated carbocycles. The van der Waals surface area contributed by atoms with Crippen molar-refractivity contribution < 1.29 is 0 Å². The van der Waals surface area contributed by atoms with Crippen LogP contribution in [0.15, 0.2) is 0 Å². The molecule has 16 heavy (non-hydrogen) atoms. The summed E-state index contributed by atoms with van der Waals surface area (Å²) in [6.07, 6.45) is 7.03. The van der Waals surface area contributed by atoms with Gasteiger partial charge in [-0.15, -0.1) is 0 Å².